The van der Waals surface area contributed by atoms with E-state index in [2.05, 4.69) is 28.8 Å². The zero-order chi connectivity index (χ0) is 15.4. The summed E-state index contributed by atoms with van der Waals surface area (Å²) in [7, 11) is 0. The van der Waals surface area contributed by atoms with Gasteiger partial charge >= 0.3 is 6.03 Å². The Bertz CT molecular complexity index is 579. The highest BCUT2D eigenvalue weighted by Gasteiger charge is 2.24. The van der Waals surface area contributed by atoms with E-state index in [1.54, 1.807) is 0 Å². The Morgan fingerprint density at radius 2 is 1.95 bits per heavy atom. The standard InChI is InChI=1S/C17H21N3O2/c21-16(19-17(22)18-15-6-7-15)12-20-10-8-14(9-11-20)13-4-2-1-3-5-13/h1-5,8,15H,6-7,9-12H2,(H2,18,19,21,22). The second-order valence-electron chi connectivity index (χ2n) is 5.88. The molecular formula is C17H21N3O2. The van der Waals surface area contributed by atoms with E-state index in [0.717, 1.165) is 32.4 Å². The van der Waals surface area contributed by atoms with Gasteiger partial charge in [-0.1, -0.05) is 36.4 Å². The highest BCUT2D eigenvalue weighted by Crippen LogP contribution is 2.21. The summed E-state index contributed by atoms with van der Waals surface area (Å²) in [6, 6.07) is 10.2. The lowest BCUT2D eigenvalue weighted by molar-refractivity contribution is -0.121. The van der Waals surface area contributed by atoms with Gasteiger partial charge in [0.1, 0.15) is 0 Å². The number of benzene rings is 1. The summed E-state index contributed by atoms with van der Waals surface area (Å²) in [5.41, 5.74) is 2.57. The van der Waals surface area contributed by atoms with Gasteiger partial charge < -0.3 is 5.32 Å². The van der Waals surface area contributed by atoms with Crippen LogP contribution in [0.3, 0.4) is 0 Å². The molecule has 3 rings (SSSR count). The number of amides is 3. The van der Waals surface area contributed by atoms with Crippen LogP contribution in [0.4, 0.5) is 4.79 Å². The topological polar surface area (TPSA) is 61.4 Å². The highest BCUT2D eigenvalue weighted by molar-refractivity contribution is 5.95. The maximum absolute atomic E-state index is 11.8. The van der Waals surface area contributed by atoms with Crippen LogP contribution in [0, 0.1) is 0 Å². The molecule has 1 aliphatic heterocycles. The Morgan fingerprint density at radius 3 is 2.59 bits per heavy atom. The van der Waals surface area contributed by atoms with Crippen LogP contribution in [0.5, 0.6) is 0 Å². The van der Waals surface area contributed by atoms with E-state index in [9.17, 15) is 9.59 Å². The van der Waals surface area contributed by atoms with Gasteiger partial charge in [0.15, 0.2) is 0 Å². The molecule has 0 atom stereocenters. The predicted molar refractivity (Wildman–Crippen MR) is 85.2 cm³/mol. The summed E-state index contributed by atoms with van der Waals surface area (Å²) in [6.45, 7) is 1.83. The number of imide groups is 1. The van der Waals surface area contributed by atoms with Crippen molar-refractivity contribution in [1.29, 1.82) is 0 Å². The fourth-order valence-corrected chi connectivity index (χ4v) is 2.59. The van der Waals surface area contributed by atoms with Crippen LogP contribution < -0.4 is 10.6 Å². The van der Waals surface area contributed by atoms with Crippen LogP contribution in [-0.2, 0) is 4.79 Å². The molecule has 1 saturated carbocycles. The summed E-state index contributed by atoms with van der Waals surface area (Å²) in [5.74, 6) is -0.241. The molecular weight excluding hydrogens is 278 g/mol. The molecule has 3 amide bonds. The third-order valence-corrected chi connectivity index (χ3v) is 3.97. The first-order valence-corrected chi connectivity index (χ1v) is 7.78. The maximum atomic E-state index is 11.8. The van der Waals surface area contributed by atoms with E-state index in [-0.39, 0.29) is 24.5 Å². The molecule has 5 nitrogen and oxygen atoms in total. The average Bonchev–Trinajstić information content (AvgIpc) is 3.32. The largest absolute Gasteiger partial charge is 0.335 e. The molecule has 0 radical (unpaired) electrons. The van der Waals surface area contributed by atoms with Crippen molar-refractivity contribution in [1.82, 2.24) is 15.5 Å². The zero-order valence-electron chi connectivity index (χ0n) is 12.5. The highest BCUT2D eigenvalue weighted by atomic mass is 16.2. The Labute approximate surface area is 130 Å². The molecule has 1 aliphatic carbocycles. The van der Waals surface area contributed by atoms with E-state index in [4.69, 9.17) is 0 Å². The van der Waals surface area contributed by atoms with E-state index < -0.39 is 0 Å². The number of rotatable bonds is 4. The Hall–Kier alpha value is -2.14. The number of hydrogen-bond acceptors (Lipinski definition) is 3. The molecule has 0 bridgehead atoms. The van der Waals surface area contributed by atoms with Crippen LogP contribution in [-0.4, -0.2) is 42.5 Å². The molecule has 1 aromatic carbocycles. The third kappa shape index (κ3) is 4.18. The van der Waals surface area contributed by atoms with Gasteiger partial charge in [-0.2, -0.15) is 0 Å². The van der Waals surface area contributed by atoms with Crippen LogP contribution in [0.25, 0.3) is 5.57 Å². The lowest BCUT2D eigenvalue weighted by Crippen LogP contribution is -2.45. The van der Waals surface area contributed by atoms with Crippen LogP contribution in [0.1, 0.15) is 24.8 Å². The lowest BCUT2D eigenvalue weighted by Gasteiger charge is -2.25. The quantitative estimate of drug-likeness (QED) is 0.890. The van der Waals surface area contributed by atoms with Crippen molar-refractivity contribution in [3.05, 3.63) is 42.0 Å². The summed E-state index contributed by atoms with van der Waals surface area (Å²) in [4.78, 5) is 25.4. The normalized spacial score (nSPS) is 18.5. The van der Waals surface area contributed by atoms with Gasteiger partial charge in [0.05, 0.1) is 6.54 Å². The number of hydrogen-bond donors (Lipinski definition) is 2. The molecule has 0 aromatic heterocycles. The minimum Gasteiger partial charge on any atom is -0.335 e. The molecule has 22 heavy (non-hydrogen) atoms. The first-order valence-electron chi connectivity index (χ1n) is 7.78. The van der Waals surface area contributed by atoms with Crippen molar-refractivity contribution in [3.8, 4) is 0 Å². The average molecular weight is 299 g/mol. The molecule has 0 saturated heterocycles. The molecule has 1 heterocycles. The third-order valence-electron chi connectivity index (χ3n) is 3.97. The number of nitrogens with one attached hydrogen (secondary N) is 2. The molecule has 1 fully saturated rings. The summed E-state index contributed by atoms with van der Waals surface area (Å²) in [5, 5.41) is 5.14. The minimum absolute atomic E-state index is 0.241. The number of urea groups is 1. The monoisotopic (exact) mass is 299 g/mol. The maximum Gasteiger partial charge on any atom is 0.321 e. The van der Waals surface area contributed by atoms with E-state index in [1.807, 2.05) is 23.1 Å². The van der Waals surface area contributed by atoms with Crippen LogP contribution in [0.15, 0.2) is 36.4 Å². The van der Waals surface area contributed by atoms with Crippen molar-refractivity contribution in [2.24, 2.45) is 0 Å². The number of carbonyl (C=O) groups is 2. The zero-order valence-corrected chi connectivity index (χ0v) is 12.5. The number of carbonyl (C=O) groups excluding carboxylic acids is 2. The van der Waals surface area contributed by atoms with E-state index in [1.165, 1.54) is 11.1 Å². The Morgan fingerprint density at radius 1 is 1.18 bits per heavy atom. The predicted octanol–water partition coefficient (Wildman–Crippen LogP) is 1.76. The van der Waals surface area contributed by atoms with Gasteiger partial charge in [-0.25, -0.2) is 4.79 Å². The molecule has 2 aliphatic rings. The van der Waals surface area contributed by atoms with Gasteiger partial charge in [0.2, 0.25) is 5.91 Å². The molecule has 0 spiro atoms. The smallest absolute Gasteiger partial charge is 0.321 e. The molecule has 1 aromatic rings. The molecule has 116 valence electrons. The fourth-order valence-electron chi connectivity index (χ4n) is 2.59. The minimum atomic E-state index is -0.370. The van der Waals surface area contributed by atoms with Crippen molar-refractivity contribution in [2.45, 2.75) is 25.3 Å². The summed E-state index contributed by atoms with van der Waals surface area (Å²) >= 11 is 0. The Kier molecular flexibility index (Phi) is 4.53. The second-order valence-corrected chi connectivity index (χ2v) is 5.88. The van der Waals surface area contributed by atoms with Gasteiger partial charge in [-0.3, -0.25) is 15.0 Å². The fraction of sp³-hybridized carbons (Fsp3) is 0.412. The van der Waals surface area contributed by atoms with Crippen molar-refractivity contribution >= 4 is 17.5 Å². The van der Waals surface area contributed by atoms with Gasteiger partial charge in [-0.15, -0.1) is 0 Å². The first-order chi connectivity index (χ1) is 10.7. The van der Waals surface area contributed by atoms with Crippen molar-refractivity contribution < 1.29 is 9.59 Å². The van der Waals surface area contributed by atoms with Crippen molar-refractivity contribution in [3.63, 3.8) is 0 Å². The summed E-state index contributed by atoms with van der Waals surface area (Å²) in [6.07, 6.45) is 5.11. The Balaban J connectivity index is 1.45. The van der Waals surface area contributed by atoms with Gasteiger partial charge in [0.25, 0.3) is 0 Å². The van der Waals surface area contributed by atoms with Gasteiger partial charge in [-0.05, 0) is 30.4 Å². The lowest BCUT2D eigenvalue weighted by atomic mass is 10.00. The molecule has 0 unspecified atom stereocenters. The van der Waals surface area contributed by atoms with Crippen LogP contribution >= 0.6 is 0 Å². The SMILES string of the molecule is O=C(CN1CC=C(c2ccccc2)CC1)NC(=O)NC1CC1. The van der Waals surface area contributed by atoms with Crippen molar-refractivity contribution in [2.75, 3.05) is 19.6 Å². The summed E-state index contributed by atoms with van der Waals surface area (Å²) < 4.78 is 0. The van der Waals surface area contributed by atoms with E-state index in [0.29, 0.717) is 0 Å². The van der Waals surface area contributed by atoms with Gasteiger partial charge in [0, 0.05) is 19.1 Å². The van der Waals surface area contributed by atoms with E-state index >= 15 is 0 Å². The van der Waals surface area contributed by atoms with Crippen LogP contribution in [0.2, 0.25) is 0 Å². The number of nitrogens with zero attached hydrogens (tertiary/aromatic N) is 1. The molecule has 2 N–H and O–H groups in total. The first kappa shape index (κ1) is 14.8. The second kappa shape index (κ2) is 6.75. The molecule has 5 heteroatoms.